The Morgan fingerprint density at radius 1 is 1.00 bits per heavy atom. The molecule has 0 spiro atoms. The van der Waals surface area contributed by atoms with Crippen molar-refractivity contribution in [3.05, 3.63) is 66.4 Å². The fourth-order valence-corrected chi connectivity index (χ4v) is 1.93. The molecular weight excluding hydrogens is 264 g/mol. The highest BCUT2D eigenvalue weighted by molar-refractivity contribution is 5.53. The van der Waals surface area contributed by atoms with E-state index in [1.54, 1.807) is 0 Å². The predicted octanol–water partition coefficient (Wildman–Crippen LogP) is 3.12. The highest BCUT2D eigenvalue weighted by atomic mass is 16.5. The number of rotatable bonds is 3. The number of nitrogens with two attached hydrogens (primary N) is 1. The van der Waals surface area contributed by atoms with Crippen molar-refractivity contribution in [3.8, 4) is 23.3 Å². The van der Waals surface area contributed by atoms with Crippen LogP contribution in [0.5, 0.6) is 11.5 Å². The average molecular weight is 276 g/mol. The van der Waals surface area contributed by atoms with Gasteiger partial charge in [-0.3, -0.25) is 0 Å². The molecule has 0 aliphatic carbocycles. The minimum absolute atomic E-state index is 0.328. The number of hydrogen-bond acceptors (Lipinski definition) is 4. The maximum absolute atomic E-state index is 8.88. The molecule has 2 aromatic carbocycles. The van der Waals surface area contributed by atoms with Gasteiger partial charge in [-0.05, 0) is 36.4 Å². The van der Waals surface area contributed by atoms with Gasteiger partial charge in [0, 0.05) is 0 Å². The van der Waals surface area contributed by atoms with Crippen molar-refractivity contribution < 1.29 is 4.74 Å². The number of anilines is 1. The fraction of sp³-hybridized carbons (Fsp3) is 0. The Hall–Kier alpha value is -3.26. The van der Waals surface area contributed by atoms with Crippen molar-refractivity contribution in [2.75, 3.05) is 5.73 Å². The number of benzene rings is 2. The van der Waals surface area contributed by atoms with Gasteiger partial charge in [0.15, 0.2) is 0 Å². The van der Waals surface area contributed by atoms with Crippen LogP contribution in [0.1, 0.15) is 5.56 Å². The normalized spacial score (nSPS) is 10.0. The summed E-state index contributed by atoms with van der Waals surface area (Å²) >= 11 is 0. The summed E-state index contributed by atoms with van der Waals surface area (Å²) in [6.45, 7) is 0. The molecule has 1 aromatic heterocycles. The zero-order chi connectivity index (χ0) is 14.7. The Morgan fingerprint density at radius 2 is 1.67 bits per heavy atom. The minimum Gasteiger partial charge on any atom is -0.457 e. The number of aromatic nitrogens is 2. The molecule has 0 bridgehead atoms. The first kappa shape index (κ1) is 12.8. The van der Waals surface area contributed by atoms with Crippen LogP contribution in [0, 0.1) is 11.3 Å². The fourth-order valence-electron chi connectivity index (χ4n) is 1.93. The first-order chi connectivity index (χ1) is 10.3. The smallest absolute Gasteiger partial charge is 0.145 e. The van der Waals surface area contributed by atoms with E-state index in [1.165, 1.54) is 10.9 Å². The van der Waals surface area contributed by atoms with Crippen LogP contribution in [0.4, 0.5) is 5.82 Å². The van der Waals surface area contributed by atoms with Gasteiger partial charge in [-0.1, -0.05) is 18.2 Å². The number of nitrogen functional groups attached to an aromatic ring is 1. The summed E-state index contributed by atoms with van der Waals surface area (Å²) in [5.74, 6) is 1.82. The van der Waals surface area contributed by atoms with E-state index < -0.39 is 0 Å². The topological polar surface area (TPSA) is 76.9 Å². The van der Waals surface area contributed by atoms with Crippen molar-refractivity contribution in [1.29, 1.82) is 5.26 Å². The van der Waals surface area contributed by atoms with Crippen molar-refractivity contribution in [2.24, 2.45) is 0 Å². The lowest BCUT2D eigenvalue weighted by atomic mass is 10.3. The summed E-state index contributed by atoms with van der Waals surface area (Å²) in [5.41, 5.74) is 6.99. The monoisotopic (exact) mass is 276 g/mol. The molecular formula is C16H12N4O. The van der Waals surface area contributed by atoms with E-state index >= 15 is 0 Å². The number of ether oxygens (including phenoxy) is 1. The Bertz CT molecular complexity index is 785. The summed E-state index contributed by atoms with van der Waals surface area (Å²) < 4.78 is 7.23. The maximum atomic E-state index is 8.88. The van der Waals surface area contributed by atoms with E-state index in [1.807, 2.05) is 60.7 Å². The van der Waals surface area contributed by atoms with Gasteiger partial charge in [0.05, 0.1) is 11.9 Å². The van der Waals surface area contributed by atoms with Gasteiger partial charge in [0.1, 0.15) is 28.9 Å². The second-order valence-electron chi connectivity index (χ2n) is 4.38. The molecule has 0 saturated heterocycles. The molecule has 0 saturated carbocycles. The Morgan fingerprint density at radius 3 is 2.29 bits per heavy atom. The second-order valence-corrected chi connectivity index (χ2v) is 4.38. The van der Waals surface area contributed by atoms with Gasteiger partial charge in [0.2, 0.25) is 0 Å². The highest BCUT2D eigenvalue weighted by Crippen LogP contribution is 2.23. The van der Waals surface area contributed by atoms with Crippen LogP contribution >= 0.6 is 0 Å². The first-order valence-corrected chi connectivity index (χ1v) is 6.35. The summed E-state index contributed by atoms with van der Waals surface area (Å²) in [6.07, 6.45) is 1.45. The standard InChI is InChI=1S/C16H12N4O/c17-10-12-11-19-20(16(12)18)13-6-8-15(9-7-13)21-14-4-2-1-3-5-14/h1-9,11H,18H2. The molecule has 2 N–H and O–H groups in total. The second kappa shape index (κ2) is 5.39. The van der Waals surface area contributed by atoms with E-state index in [9.17, 15) is 0 Å². The van der Waals surface area contributed by atoms with Crippen molar-refractivity contribution in [2.45, 2.75) is 0 Å². The van der Waals surface area contributed by atoms with Crippen LogP contribution in [-0.4, -0.2) is 9.78 Å². The van der Waals surface area contributed by atoms with Crippen LogP contribution < -0.4 is 10.5 Å². The molecule has 0 amide bonds. The van der Waals surface area contributed by atoms with Crippen LogP contribution in [-0.2, 0) is 0 Å². The van der Waals surface area contributed by atoms with Crippen LogP contribution in [0.3, 0.4) is 0 Å². The lowest BCUT2D eigenvalue weighted by Crippen LogP contribution is -2.02. The van der Waals surface area contributed by atoms with Crippen molar-refractivity contribution in [1.82, 2.24) is 9.78 Å². The zero-order valence-electron chi connectivity index (χ0n) is 11.1. The molecule has 0 radical (unpaired) electrons. The molecule has 3 aromatic rings. The molecule has 21 heavy (non-hydrogen) atoms. The number of para-hydroxylation sites is 1. The number of nitriles is 1. The van der Waals surface area contributed by atoms with E-state index in [2.05, 4.69) is 5.10 Å². The summed E-state index contributed by atoms with van der Waals surface area (Å²) in [4.78, 5) is 0. The van der Waals surface area contributed by atoms with Gasteiger partial charge >= 0.3 is 0 Å². The van der Waals surface area contributed by atoms with Crippen molar-refractivity contribution in [3.63, 3.8) is 0 Å². The predicted molar refractivity (Wildman–Crippen MR) is 79.2 cm³/mol. The molecule has 5 heteroatoms. The molecule has 5 nitrogen and oxygen atoms in total. The van der Waals surface area contributed by atoms with Crippen LogP contribution in [0.15, 0.2) is 60.8 Å². The molecule has 0 aliphatic heterocycles. The lowest BCUT2D eigenvalue weighted by molar-refractivity contribution is 0.482. The molecule has 0 atom stereocenters. The van der Waals surface area contributed by atoms with Gasteiger partial charge in [-0.2, -0.15) is 10.4 Å². The molecule has 0 aliphatic rings. The average Bonchev–Trinajstić information content (AvgIpc) is 2.90. The van der Waals surface area contributed by atoms with E-state index in [0.717, 1.165) is 17.2 Å². The third-order valence-electron chi connectivity index (χ3n) is 2.99. The lowest BCUT2D eigenvalue weighted by Gasteiger charge is -2.07. The van der Waals surface area contributed by atoms with E-state index in [4.69, 9.17) is 15.7 Å². The molecule has 0 fully saturated rings. The van der Waals surface area contributed by atoms with Gasteiger partial charge in [-0.15, -0.1) is 0 Å². The summed E-state index contributed by atoms with van der Waals surface area (Å²) in [5, 5.41) is 13.0. The number of nitrogens with zero attached hydrogens (tertiary/aromatic N) is 3. The van der Waals surface area contributed by atoms with Gasteiger partial charge in [0.25, 0.3) is 0 Å². The molecule has 3 rings (SSSR count). The van der Waals surface area contributed by atoms with E-state index in [0.29, 0.717) is 11.4 Å². The van der Waals surface area contributed by atoms with Crippen LogP contribution in [0.25, 0.3) is 5.69 Å². The molecule has 0 unspecified atom stereocenters. The third-order valence-corrected chi connectivity index (χ3v) is 2.99. The minimum atomic E-state index is 0.328. The quantitative estimate of drug-likeness (QED) is 0.797. The summed E-state index contributed by atoms with van der Waals surface area (Å²) in [7, 11) is 0. The van der Waals surface area contributed by atoms with Crippen molar-refractivity contribution >= 4 is 5.82 Å². The molecule has 1 heterocycles. The Balaban J connectivity index is 1.84. The highest BCUT2D eigenvalue weighted by Gasteiger charge is 2.08. The van der Waals surface area contributed by atoms with Gasteiger partial charge < -0.3 is 10.5 Å². The Kier molecular flexibility index (Phi) is 3.27. The maximum Gasteiger partial charge on any atom is 0.145 e. The van der Waals surface area contributed by atoms with Crippen LogP contribution in [0.2, 0.25) is 0 Å². The third kappa shape index (κ3) is 2.55. The zero-order valence-corrected chi connectivity index (χ0v) is 11.1. The largest absolute Gasteiger partial charge is 0.457 e. The first-order valence-electron chi connectivity index (χ1n) is 6.35. The van der Waals surface area contributed by atoms with Gasteiger partial charge in [-0.25, -0.2) is 4.68 Å². The molecule has 102 valence electrons. The summed E-state index contributed by atoms with van der Waals surface area (Å²) in [6, 6.07) is 18.9. The number of hydrogen-bond donors (Lipinski definition) is 1. The SMILES string of the molecule is N#Cc1cnn(-c2ccc(Oc3ccccc3)cc2)c1N. The van der Waals surface area contributed by atoms with E-state index in [-0.39, 0.29) is 0 Å². The Labute approximate surface area is 121 Å².